The van der Waals surface area contributed by atoms with Crippen molar-refractivity contribution in [2.24, 2.45) is 5.73 Å². The standard InChI is InChI=1S/C25H21N3O5S/c1-31-16-8-4-6-14(10-16)11-19-23(29)28-22(15-7-5-9-17(12-15)32-2)18(13-26)21(27)20(24(28)34-19)25(30)33-3/h4-12,22H,27H2,1-3H3/b19-11+/t22-/m0/s1. The van der Waals surface area contributed by atoms with E-state index in [0.717, 1.165) is 16.9 Å². The minimum atomic E-state index is -0.834. The van der Waals surface area contributed by atoms with Crippen molar-refractivity contribution in [3.63, 3.8) is 0 Å². The maximum atomic E-state index is 13.7. The van der Waals surface area contributed by atoms with Crippen LogP contribution in [0.5, 0.6) is 11.5 Å². The number of rotatable bonds is 5. The molecule has 1 aromatic heterocycles. The number of methoxy groups -OCH3 is 3. The first-order valence-corrected chi connectivity index (χ1v) is 11.0. The fourth-order valence-electron chi connectivity index (χ4n) is 3.86. The minimum absolute atomic E-state index is 0.00871. The number of fused-ring (bicyclic) bond motifs is 1. The van der Waals surface area contributed by atoms with Gasteiger partial charge in [-0.05, 0) is 41.5 Å². The SMILES string of the molecule is COC(=O)C1=c2s/c(=C/c3cccc(OC)c3)c(=O)n2[C@@H](c2cccc(OC)c2)C(C#N)=C1N. The lowest BCUT2D eigenvalue weighted by molar-refractivity contribution is -0.133. The first kappa shape index (κ1) is 22.9. The zero-order valence-electron chi connectivity index (χ0n) is 18.7. The minimum Gasteiger partial charge on any atom is -0.497 e. The predicted molar refractivity (Wildman–Crippen MR) is 128 cm³/mol. The number of hydrogen-bond donors (Lipinski definition) is 1. The molecule has 0 spiro atoms. The Balaban J connectivity index is 2.08. The molecule has 0 amide bonds. The second kappa shape index (κ2) is 9.29. The monoisotopic (exact) mass is 475 g/mol. The van der Waals surface area contributed by atoms with Crippen molar-refractivity contribution in [2.75, 3.05) is 21.3 Å². The molecule has 0 bridgehead atoms. The molecule has 2 heterocycles. The fraction of sp³-hybridized carbons (Fsp3) is 0.160. The van der Waals surface area contributed by atoms with Crippen molar-refractivity contribution in [1.82, 2.24) is 4.57 Å². The molecule has 2 aromatic carbocycles. The van der Waals surface area contributed by atoms with Gasteiger partial charge in [-0.2, -0.15) is 5.26 Å². The normalized spacial score (nSPS) is 15.5. The van der Waals surface area contributed by atoms with Crippen LogP contribution >= 0.6 is 11.3 Å². The van der Waals surface area contributed by atoms with E-state index >= 15 is 0 Å². The van der Waals surface area contributed by atoms with E-state index in [-0.39, 0.29) is 22.4 Å². The number of benzene rings is 2. The number of thiazole rings is 1. The summed E-state index contributed by atoms with van der Waals surface area (Å²) in [6.45, 7) is 0. The van der Waals surface area contributed by atoms with Gasteiger partial charge in [0.05, 0.1) is 43.2 Å². The summed E-state index contributed by atoms with van der Waals surface area (Å²) >= 11 is 1.11. The molecule has 0 unspecified atom stereocenters. The van der Waals surface area contributed by atoms with Crippen LogP contribution in [-0.2, 0) is 9.53 Å². The number of hydrogen-bond acceptors (Lipinski definition) is 8. The molecule has 0 aliphatic carbocycles. The largest absolute Gasteiger partial charge is 0.497 e. The van der Waals surface area contributed by atoms with Gasteiger partial charge in [0.1, 0.15) is 27.8 Å². The Morgan fingerprint density at radius 1 is 1.12 bits per heavy atom. The Morgan fingerprint density at radius 2 is 1.79 bits per heavy atom. The molecule has 4 rings (SSSR count). The maximum Gasteiger partial charge on any atom is 0.343 e. The van der Waals surface area contributed by atoms with Crippen molar-refractivity contribution < 1.29 is 19.0 Å². The number of nitrogens with zero attached hydrogens (tertiary/aromatic N) is 2. The Hall–Kier alpha value is -4.29. The van der Waals surface area contributed by atoms with Gasteiger partial charge >= 0.3 is 5.97 Å². The topological polar surface area (TPSA) is 117 Å². The third kappa shape index (κ3) is 3.84. The molecular formula is C25H21N3O5S. The summed E-state index contributed by atoms with van der Waals surface area (Å²) in [6, 6.07) is 15.5. The Morgan fingerprint density at radius 3 is 2.44 bits per heavy atom. The molecule has 1 aliphatic heterocycles. The van der Waals surface area contributed by atoms with Crippen molar-refractivity contribution in [1.29, 1.82) is 5.26 Å². The van der Waals surface area contributed by atoms with Crippen LogP contribution in [0, 0.1) is 11.3 Å². The van der Waals surface area contributed by atoms with Crippen molar-refractivity contribution in [2.45, 2.75) is 6.04 Å². The van der Waals surface area contributed by atoms with Crippen LogP contribution in [-0.4, -0.2) is 31.9 Å². The third-order valence-corrected chi connectivity index (χ3v) is 6.58. The van der Waals surface area contributed by atoms with Gasteiger partial charge < -0.3 is 19.9 Å². The van der Waals surface area contributed by atoms with Crippen LogP contribution in [0.25, 0.3) is 11.6 Å². The van der Waals surface area contributed by atoms with Crippen molar-refractivity contribution in [3.05, 3.63) is 90.5 Å². The van der Waals surface area contributed by atoms with Crippen molar-refractivity contribution >= 4 is 29.0 Å². The quantitative estimate of drug-likeness (QED) is 0.555. The summed E-state index contributed by atoms with van der Waals surface area (Å²) in [4.78, 5) is 26.3. The van der Waals surface area contributed by atoms with E-state index in [1.165, 1.54) is 18.8 Å². The van der Waals surface area contributed by atoms with E-state index in [2.05, 4.69) is 6.07 Å². The Labute approximate surface area is 199 Å². The number of esters is 1. The van der Waals surface area contributed by atoms with E-state index in [4.69, 9.17) is 19.9 Å². The smallest absolute Gasteiger partial charge is 0.343 e. The molecule has 0 fully saturated rings. The van der Waals surface area contributed by atoms with E-state index in [1.807, 2.05) is 12.1 Å². The zero-order valence-corrected chi connectivity index (χ0v) is 19.5. The zero-order chi connectivity index (χ0) is 24.4. The van der Waals surface area contributed by atoms with Gasteiger partial charge in [-0.3, -0.25) is 9.36 Å². The highest BCUT2D eigenvalue weighted by Gasteiger charge is 2.34. The number of nitriles is 1. The number of aromatic nitrogens is 1. The molecule has 1 aliphatic rings. The first-order chi connectivity index (χ1) is 16.4. The van der Waals surface area contributed by atoms with Crippen LogP contribution in [0.2, 0.25) is 0 Å². The summed E-state index contributed by atoms with van der Waals surface area (Å²) < 4.78 is 17.6. The molecule has 2 N–H and O–H groups in total. The molecule has 0 saturated heterocycles. The lowest BCUT2D eigenvalue weighted by Gasteiger charge is -2.25. The van der Waals surface area contributed by atoms with Gasteiger partial charge in [-0.25, -0.2) is 4.79 Å². The molecule has 172 valence electrons. The van der Waals surface area contributed by atoms with Gasteiger partial charge in [0.25, 0.3) is 5.56 Å². The average molecular weight is 476 g/mol. The Kier molecular flexibility index (Phi) is 6.25. The van der Waals surface area contributed by atoms with Gasteiger partial charge in [-0.1, -0.05) is 24.3 Å². The molecule has 8 nitrogen and oxygen atoms in total. The molecular weight excluding hydrogens is 454 g/mol. The summed E-state index contributed by atoms with van der Waals surface area (Å²) in [5, 5.41) is 9.99. The van der Waals surface area contributed by atoms with Crippen LogP contribution in [0.4, 0.5) is 0 Å². The van der Waals surface area contributed by atoms with E-state index in [1.54, 1.807) is 49.6 Å². The van der Waals surface area contributed by atoms with Crippen LogP contribution in [0.15, 0.2) is 64.6 Å². The predicted octanol–water partition coefficient (Wildman–Crippen LogP) is 1.42. The van der Waals surface area contributed by atoms with Gasteiger partial charge in [-0.15, -0.1) is 11.3 Å². The summed E-state index contributed by atoms with van der Waals surface area (Å²) in [5.41, 5.74) is 7.38. The first-order valence-electron chi connectivity index (χ1n) is 10.2. The van der Waals surface area contributed by atoms with Crippen LogP contribution in [0.3, 0.4) is 0 Å². The fourth-order valence-corrected chi connectivity index (χ4v) is 5.03. The number of nitrogens with two attached hydrogens (primary N) is 1. The molecule has 9 heteroatoms. The molecule has 1 atom stereocenters. The number of allylic oxidation sites excluding steroid dienone is 1. The number of carbonyl (C=O) groups excluding carboxylic acids is 1. The second-order valence-electron chi connectivity index (χ2n) is 7.35. The van der Waals surface area contributed by atoms with E-state index in [9.17, 15) is 14.9 Å². The Bertz CT molecular complexity index is 1540. The summed E-state index contributed by atoms with van der Waals surface area (Å²) in [7, 11) is 4.32. The van der Waals surface area contributed by atoms with Crippen LogP contribution < -0.4 is 30.0 Å². The second-order valence-corrected chi connectivity index (χ2v) is 8.38. The molecule has 0 saturated carbocycles. The van der Waals surface area contributed by atoms with Gasteiger partial charge in [0.2, 0.25) is 0 Å². The summed E-state index contributed by atoms with van der Waals surface area (Å²) in [6.07, 6.45) is 1.71. The highest BCUT2D eigenvalue weighted by Crippen LogP contribution is 2.32. The summed E-state index contributed by atoms with van der Waals surface area (Å²) in [5.74, 6) is 0.477. The average Bonchev–Trinajstić information content (AvgIpc) is 3.17. The van der Waals surface area contributed by atoms with Gasteiger partial charge in [0.15, 0.2) is 0 Å². The van der Waals surface area contributed by atoms with E-state index < -0.39 is 12.0 Å². The van der Waals surface area contributed by atoms with Crippen LogP contribution in [0.1, 0.15) is 17.2 Å². The third-order valence-electron chi connectivity index (χ3n) is 5.47. The molecule has 34 heavy (non-hydrogen) atoms. The molecule has 3 aromatic rings. The van der Waals surface area contributed by atoms with Gasteiger partial charge in [0, 0.05) is 0 Å². The lowest BCUT2D eigenvalue weighted by Crippen LogP contribution is -2.41. The number of carbonyl (C=O) groups is 1. The highest BCUT2D eigenvalue weighted by atomic mass is 32.1. The lowest BCUT2D eigenvalue weighted by atomic mass is 9.93. The van der Waals surface area contributed by atoms with Crippen molar-refractivity contribution in [3.8, 4) is 17.6 Å². The van der Waals surface area contributed by atoms with E-state index in [0.29, 0.717) is 26.3 Å². The maximum absolute atomic E-state index is 13.7. The highest BCUT2D eigenvalue weighted by molar-refractivity contribution is 7.07. The number of ether oxygens (including phenoxy) is 3. The molecule has 0 radical (unpaired) electrons.